The molecule has 0 aliphatic heterocycles. The summed E-state index contributed by atoms with van der Waals surface area (Å²) in [5.74, 6) is 0. The van der Waals surface area contributed by atoms with Crippen molar-refractivity contribution in [2.24, 2.45) is 0 Å². The molecule has 0 saturated heterocycles. The lowest BCUT2D eigenvalue weighted by Crippen LogP contribution is -2.33. The molecule has 0 spiro atoms. The molecule has 0 rings (SSSR count). The monoisotopic (exact) mass is 296 g/mol. The van der Waals surface area contributed by atoms with Crippen molar-refractivity contribution in [1.29, 1.82) is 5.26 Å². The number of alkyl halides is 3. The highest BCUT2D eigenvalue weighted by molar-refractivity contribution is 8.11. The van der Waals surface area contributed by atoms with Gasteiger partial charge >= 0.3 is 0 Å². The molecule has 82 valence electrons. The van der Waals surface area contributed by atoms with Crippen molar-refractivity contribution >= 4 is 56.8 Å². The van der Waals surface area contributed by atoms with Crippen LogP contribution in [0.4, 0.5) is 0 Å². The molecule has 9 heteroatoms. The second-order valence-corrected chi connectivity index (χ2v) is 8.59. The Hall–Kier alpha value is 0.620. The van der Waals surface area contributed by atoms with Crippen LogP contribution < -0.4 is 0 Å². The van der Waals surface area contributed by atoms with Crippen molar-refractivity contribution in [3.63, 3.8) is 0 Å². The molecule has 1 unspecified atom stereocenters. The van der Waals surface area contributed by atoms with Gasteiger partial charge in [-0.05, 0) is 18.9 Å². The van der Waals surface area contributed by atoms with Gasteiger partial charge in [0.05, 0.1) is 12.3 Å². The minimum absolute atomic E-state index is 0.461. The van der Waals surface area contributed by atoms with Crippen molar-refractivity contribution in [3.8, 4) is 6.07 Å². The molecule has 0 aromatic carbocycles. The second kappa shape index (κ2) is 5.10. The van der Waals surface area contributed by atoms with E-state index >= 15 is 0 Å². The van der Waals surface area contributed by atoms with E-state index in [1.807, 2.05) is 0 Å². The van der Waals surface area contributed by atoms with E-state index in [4.69, 9.17) is 40.1 Å². The van der Waals surface area contributed by atoms with Gasteiger partial charge in [0.25, 0.3) is 3.12 Å². The second-order valence-electron chi connectivity index (χ2n) is 2.36. The molecule has 1 atom stereocenters. The maximum atomic E-state index is 11.2. The number of hydrogen-bond acceptors (Lipinski definition) is 4. The summed E-state index contributed by atoms with van der Waals surface area (Å²) < 4.78 is 21.3. The number of rotatable bonds is 3. The highest BCUT2D eigenvalue weighted by Crippen LogP contribution is 2.42. The fraction of sp³-hybridized carbons (Fsp3) is 0.800. The first-order valence-electron chi connectivity index (χ1n) is 3.23. The Morgan fingerprint density at radius 3 is 2.14 bits per heavy atom. The van der Waals surface area contributed by atoms with E-state index in [2.05, 4.69) is 0 Å². The molecule has 0 aromatic rings. The van der Waals surface area contributed by atoms with Gasteiger partial charge in [0, 0.05) is 0 Å². The predicted molar refractivity (Wildman–Crippen MR) is 59.6 cm³/mol. The fourth-order valence-corrected chi connectivity index (χ4v) is 3.53. The van der Waals surface area contributed by atoms with Gasteiger partial charge in [-0.2, -0.15) is 5.26 Å². The standard InChI is InChI=1S/C5H7Cl3N2O2S2/c1-4(3-9)10(14(2,11)12)13-5(6,7)8/h4H,1-2H3. The number of sulfonamides is 1. The summed E-state index contributed by atoms with van der Waals surface area (Å²) in [5, 5.41) is 8.57. The Kier molecular flexibility index (Phi) is 5.33. The van der Waals surface area contributed by atoms with E-state index in [-0.39, 0.29) is 0 Å². The Labute approximate surface area is 102 Å². The Morgan fingerprint density at radius 2 is 1.93 bits per heavy atom. The summed E-state index contributed by atoms with van der Waals surface area (Å²) in [6, 6.07) is 0.847. The quantitative estimate of drug-likeness (QED) is 0.591. The summed E-state index contributed by atoms with van der Waals surface area (Å²) in [7, 11) is -3.59. The average molecular weight is 298 g/mol. The first-order valence-corrected chi connectivity index (χ1v) is 6.98. The Bertz CT molecular complexity index is 332. The van der Waals surface area contributed by atoms with Crippen LogP contribution in [-0.2, 0) is 10.0 Å². The Balaban J connectivity index is 4.88. The van der Waals surface area contributed by atoms with E-state index < -0.39 is 19.2 Å². The van der Waals surface area contributed by atoms with Crippen molar-refractivity contribution in [1.82, 2.24) is 3.71 Å². The molecule has 0 saturated carbocycles. The van der Waals surface area contributed by atoms with Crippen LogP contribution in [0.2, 0.25) is 0 Å². The van der Waals surface area contributed by atoms with Crippen LogP contribution in [0.1, 0.15) is 6.92 Å². The third-order valence-electron chi connectivity index (χ3n) is 1.02. The molecule has 0 bridgehead atoms. The molecule has 0 aliphatic rings. The molecule has 0 aromatic heterocycles. The molecule has 0 aliphatic carbocycles. The van der Waals surface area contributed by atoms with E-state index in [9.17, 15) is 8.42 Å². The maximum absolute atomic E-state index is 11.2. The molecular weight excluding hydrogens is 291 g/mol. The first-order chi connectivity index (χ1) is 6.08. The molecule has 0 fully saturated rings. The lowest BCUT2D eigenvalue weighted by molar-refractivity contribution is 0.531. The van der Waals surface area contributed by atoms with Crippen LogP contribution in [0.25, 0.3) is 0 Å². The first kappa shape index (κ1) is 14.6. The lowest BCUT2D eigenvalue weighted by Gasteiger charge is -2.23. The molecule has 0 heterocycles. The highest BCUT2D eigenvalue weighted by Gasteiger charge is 2.33. The molecule has 0 radical (unpaired) electrons. The minimum Gasteiger partial charge on any atom is -0.212 e. The van der Waals surface area contributed by atoms with Crippen molar-refractivity contribution in [2.45, 2.75) is 16.1 Å². The number of halogens is 3. The van der Waals surface area contributed by atoms with E-state index in [0.717, 1.165) is 9.97 Å². The summed E-state index contributed by atoms with van der Waals surface area (Å²) in [6.45, 7) is 1.39. The van der Waals surface area contributed by atoms with Gasteiger partial charge < -0.3 is 0 Å². The highest BCUT2D eigenvalue weighted by atomic mass is 35.6. The van der Waals surface area contributed by atoms with E-state index in [1.54, 1.807) is 6.07 Å². The number of nitrogens with zero attached hydrogens (tertiary/aromatic N) is 2. The van der Waals surface area contributed by atoms with Gasteiger partial charge in [-0.25, -0.2) is 8.42 Å². The number of nitriles is 1. The fourth-order valence-electron chi connectivity index (χ4n) is 0.583. The third-order valence-corrected chi connectivity index (χ3v) is 4.35. The van der Waals surface area contributed by atoms with Gasteiger partial charge in [-0.15, -0.1) is 3.71 Å². The average Bonchev–Trinajstić information content (AvgIpc) is 1.95. The van der Waals surface area contributed by atoms with Gasteiger partial charge in [-0.3, -0.25) is 0 Å². The van der Waals surface area contributed by atoms with Crippen LogP contribution in [0, 0.1) is 11.3 Å². The van der Waals surface area contributed by atoms with Gasteiger partial charge in [0.2, 0.25) is 10.0 Å². The summed E-state index contributed by atoms with van der Waals surface area (Å²) in [5.41, 5.74) is 0. The van der Waals surface area contributed by atoms with Crippen LogP contribution in [0.15, 0.2) is 0 Å². The molecule has 0 amide bonds. The predicted octanol–water partition coefficient (Wildman–Crippen LogP) is 2.14. The number of hydrogen-bond donors (Lipinski definition) is 0. The zero-order valence-corrected chi connectivity index (χ0v) is 11.1. The molecular formula is C5H7Cl3N2O2S2. The normalized spacial score (nSPS) is 15.2. The van der Waals surface area contributed by atoms with Crippen molar-refractivity contribution in [2.75, 3.05) is 6.26 Å². The lowest BCUT2D eigenvalue weighted by atomic mass is 10.4. The smallest absolute Gasteiger partial charge is 0.212 e. The summed E-state index contributed by atoms with van der Waals surface area (Å²) in [4.78, 5) is 0. The SMILES string of the molecule is CC(C#N)N(SC(Cl)(Cl)Cl)S(C)(=O)=O. The maximum Gasteiger partial charge on any atom is 0.252 e. The zero-order chi connectivity index (χ0) is 11.6. The largest absolute Gasteiger partial charge is 0.252 e. The van der Waals surface area contributed by atoms with E-state index in [1.165, 1.54) is 6.92 Å². The van der Waals surface area contributed by atoms with Crippen LogP contribution >= 0.6 is 46.8 Å². The summed E-state index contributed by atoms with van der Waals surface area (Å²) >= 11 is 16.7. The van der Waals surface area contributed by atoms with Gasteiger partial charge in [-0.1, -0.05) is 34.8 Å². The molecule has 4 nitrogen and oxygen atoms in total. The van der Waals surface area contributed by atoms with E-state index in [0.29, 0.717) is 11.9 Å². The van der Waals surface area contributed by atoms with Crippen LogP contribution in [0.5, 0.6) is 0 Å². The van der Waals surface area contributed by atoms with Gasteiger partial charge in [0.1, 0.15) is 6.04 Å². The molecule has 14 heavy (non-hydrogen) atoms. The van der Waals surface area contributed by atoms with Crippen LogP contribution in [-0.4, -0.2) is 27.6 Å². The van der Waals surface area contributed by atoms with Crippen molar-refractivity contribution in [3.05, 3.63) is 0 Å². The van der Waals surface area contributed by atoms with Crippen LogP contribution in [0.3, 0.4) is 0 Å². The minimum atomic E-state index is -3.59. The van der Waals surface area contributed by atoms with Gasteiger partial charge in [0.15, 0.2) is 0 Å². The topological polar surface area (TPSA) is 61.2 Å². The molecule has 0 N–H and O–H groups in total. The Morgan fingerprint density at radius 1 is 1.50 bits per heavy atom. The third kappa shape index (κ3) is 5.49. The zero-order valence-electron chi connectivity index (χ0n) is 7.24. The summed E-state index contributed by atoms with van der Waals surface area (Å²) in [6.07, 6.45) is 0.935. The van der Waals surface area contributed by atoms with Crippen molar-refractivity contribution < 1.29 is 8.42 Å².